The quantitative estimate of drug-likeness (QED) is 0.442. The summed E-state index contributed by atoms with van der Waals surface area (Å²) in [5.74, 6) is 0.549. The number of nitrogens with zero attached hydrogens (tertiary/aromatic N) is 2. The smallest absolute Gasteiger partial charge is 0.335 e. The molecule has 2 aromatic carbocycles. The van der Waals surface area contributed by atoms with Crippen molar-refractivity contribution in [2.24, 2.45) is 5.92 Å². The highest BCUT2D eigenvalue weighted by atomic mass is 32.2. The van der Waals surface area contributed by atoms with Gasteiger partial charge in [-0.1, -0.05) is 36.4 Å². The van der Waals surface area contributed by atoms with Crippen LogP contribution in [0.2, 0.25) is 0 Å². The van der Waals surface area contributed by atoms with Gasteiger partial charge < -0.3 is 15.0 Å². The van der Waals surface area contributed by atoms with E-state index in [0.29, 0.717) is 37.1 Å². The minimum atomic E-state index is -4.04. The van der Waals surface area contributed by atoms with E-state index in [1.165, 1.54) is 18.4 Å². The Morgan fingerprint density at radius 1 is 1.00 bits per heavy atom. The Balaban J connectivity index is 1.27. The van der Waals surface area contributed by atoms with Crippen LogP contribution in [-0.4, -0.2) is 62.8 Å². The van der Waals surface area contributed by atoms with Crippen LogP contribution in [-0.2, 0) is 21.2 Å². The topological polar surface area (TPSA) is 108 Å². The van der Waals surface area contributed by atoms with Crippen molar-refractivity contribution in [2.75, 3.05) is 32.5 Å². The predicted molar refractivity (Wildman–Crippen MR) is 139 cm³/mol. The summed E-state index contributed by atoms with van der Waals surface area (Å²) in [4.78, 5) is 29.5. The Morgan fingerprint density at radius 3 is 2.30 bits per heavy atom. The zero-order chi connectivity index (χ0) is 26.0. The number of amides is 3. The van der Waals surface area contributed by atoms with Gasteiger partial charge in [0.05, 0.1) is 19.7 Å². The monoisotopic (exact) mass is 526 g/mol. The molecule has 1 unspecified atom stereocenters. The maximum atomic E-state index is 13.4. The zero-order valence-corrected chi connectivity index (χ0v) is 21.9. The van der Waals surface area contributed by atoms with Gasteiger partial charge in [0.25, 0.3) is 0 Å². The van der Waals surface area contributed by atoms with Gasteiger partial charge in [0, 0.05) is 13.1 Å². The number of methoxy groups -OCH3 is 1. The number of ether oxygens (including phenoxy) is 1. The molecule has 1 saturated heterocycles. The number of urea groups is 1. The molecule has 0 aromatic heterocycles. The molecule has 5 rings (SSSR count). The molecular formula is C27H34N4O5S. The first-order valence-electron chi connectivity index (χ1n) is 12.9. The van der Waals surface area contributed by atoms with E-state index in [-0.39, 0.29) is 12.6 Å². The van der Waals surface area contributed by atoms with E-state index in [1.807, 2.05) is 24.3 Å². The fourth-order valence-corrected chi connectivity index (χ4v) is 5.70. The molecule has 2 N–H and O–H groups in total. The molecule has 9 nitrogen and oxygen atoms in total. The second-order valence-corrected chi connectivity index (χ2v) is 11.9. The van der Waals surface area contributed by atoms with Gasteiger partial charge in [0.15, 0.2) is 0 Å². The maximum Gasteiger partial charge on any atom is 0.335 e. The van der Waals surface area contributed by atoms with Gasteiger partial charge in [-0.25, -0.2) is 18.2 Å². The molecular weight excluding hydrogens is 492 g/mol. The molecule has 198 valence electrons. The summed E-state index contributed by atoms with van der Waals surface area (Å²) in [5, 5.41) is 3.77. The lowest BCUT2D eigenvalue weighted by Crippen LogP contribution is -2.48. The normalized spacial score (nSPS) is 19.8. The highest BCUT2D eigenvalue weighted by Crippen LogP contribution is 2.40. The van der Waals surface area contributed by atoms with Crippen LogP contribution in [0.25, 0.3) is 0 Å². The SMILES string of the molecule is COc1ccc(C2CN(NS(=O)(=O)CC(=O)NCC3CC3)C(=O)N2CCc2ccc(C3CC3)cc2)cc1. The fourth-order valence-electron chi connectivity index (χ4n) is 4.70. The summed E-state index contributed by atoms with van der Waals surface area (Å²) in [5.41, 5.74) is 3.36. The van der Waals surface area contributed by atoms with E-state index in [0.717, 1.165) is 29.0 Å². The number of carbonyl (C=O) groups is 2. The lowest BCUT2D eigenvalue weighted by atomic mass is 10.0. The lowest BCUT2D eigenvalue weighted by Gasteiger charge is -2.23. The van der Waals surface area contributed by atoms with E-state index in [1.54, 1.807) is 12.0 Å². The molecule has 0 spiro atoms. The summed E-state index contributed by atoms with van der Waals surface area (Å²) in [6.45, 7) is 1.05. The highest BCUT2D eigenvalue weighted by Gasteiger charge is 2.40. The van der Waals surface area contributed by atoms with Crippen molar-refractivity contribution >= 4 is 22.0 Å². The summed E-state index contributed by atoms with van der Waals surface area (Å²) >= 11 is 0. The molecule has 2 saturated carbocycles. The molecule has 10 heteroatoms. The van der Waals surface area contributed by atoms with Crippen molar-refractivity contribution in [1.29, 1.82) is 0 Å². The Bertz CT molecular complexity index is 1220. The zero-order valence-electron chi connectivity index (χ0n) is 21.1. The first-order chi connectivity index (χ1) is 17.8. The third-order valence-corrected chi connectivity index (χ3v) is 8.37. The molecule has 1 aliphatic heterocycles. The second-order valence-electron chi connectivity index (χ2n) is 10.2. The molecule has 2 aromatic rings. The first-order valence-corrected chi connectivity index (χ1v) is 14.5. The lowest BCUT2D eigenvalue weighted by molar-refractivity contribution is -0.118. The summed E-state index contributed by atoms with van der Waals surface area (Å²) < 4.78 is 30.7. The standard InChI is InChI=1S/C27H34N4O5S/c1-36-24-12-10-23(11-13-24)25-17-31(29-37(34,35)18-26(32)28-16-20-2-3-20)27(33)30(25)15-14-19-4-6-21(7-5-19)22-8-9-22/h4-7,10-13,20,22,25,29H,2-3,8-9,14-18H2,1H3,(H,28,32). The van der Waals surface area contributed by atoms with Gasteiger partial charge in [-0.05, 0) is 72.8 Å². The number of hydrogen-bond acceptors (Lipinski definition) is 5. The van der Waals surface area contributed by atoms with E-state index < -0.39 is 27.7 Å². The minimum absolute atomic E-state index is 0.134. The van der Waals surface area contributed by atoms with Crippen LogP contribution in [0, 0.1) is 5.92 Å². The Kier molecular flexibility index (Phi) is 7.39. The van der Waals surface area contributed by atoms with Gasteiger partial charge in [-0.2, -0.15) is 0 Å². The third kappa shape index (κ3) is 6.61. The van der Waals surface area contributed by atoms with E-state index in [2.05, 4.69) is 34.4 Å². The summed E-state index contributed by atoms with van der Waals surface area (Å²) in [6.07, 6.45) is 5.26. The van der Waals surface area contributed by atoms with E-state index >= 15 is 0 Å². The molecule has 1 heterocycles. The number of hydrazine groups is 1. The number of sulfonamides is 1. The van der Waals surface area contributed by atoms with Crippen LogP contribution >= 0.6 is 0 Å². The van der Waals surface area contributed by atoms with Crippen LogP contribution in [0.5, 0.6) is 5.75 Å². The first kappa shape index (κ1) is 25.5. The van der Waals surface area contributed by atoms with E-state index in [9.17, 15) is 18.0 Å². The van der Waals surface area contributed by atoms with Crippen molar-refractivity contribution in [3.8, 4) is 5.75 Å². The molecule has 3 aliphatic rings. The molecule has 2 aliphatic carbocycles. The van der Waals surface area contributed by atoms with E-state index in [4.69, 9.17) is 4.74 Å². The van der Waals surface area contributed by atoms with Crippen molar-refractivity contribution in [2.45, 2.75) is 44.1 Å². The Hall–Kier alpha value is -3.11. The molecule has 3 fully saturated rings. The average molecular weight is 527 g/mol. The molecule has 0 bridgehead atoms. The number of rotatable bonds is 12. The molecule has 1 atom stereocenters. The van der Waals surface area contributed by atoms with Crippen molar-refractivity contribution in [3.63, 3.8) is 0 Å². The second kappa shape index (κ2) is 10.7. The predicted octanol–water partition coefficient (Wildman–Crippen LogP) is 2.95. The highest BCUT2D eigenvalue weighted by molar-refractivity contribution is 7.90. The van der Waals surface area contributed by atoms with Crippen LogP contribution in [0.3, 0.4) is 0 Å². The van der Waals surface area contributed by atoms with Crippen LogP contribution in [0.4, 0.5) is 4.79 Å². The van der Waals surface area contributed by atoms with Crippen molar-refractivity contribution in [1.82, 2.24) is 20.1 Å². The van der Waals surface area contributed by atoms with Gasteiger partial charge in [0.1, 0.15) is 11.5 Å². The number of carbonyl (C=O) groups excluding carboxylic acids is 2. The molecule has 3 amide bonds. The van der Waals surface area contributed by atoms with Gasteiger partial charge in [-0.15, -0.1) is 4.83 Å². The third-order valence-electron chi connectivity index (χ3n) is 7.23. The van der Waals surface area contributed by atoms with Crippen molar-refractivity contribution in [3.05, 3.63) is 65.2 Å². The minimum Gasteiger partial charge on any atom is -0.497 e. The Labute approximate surface area is 218 Å². The molecule has 37 heavy (non-hydrogen) atoms. The van der Waals surface area contributed by atoms with Gasteiger partial charge in [0.2, 0.25) is 15.9 Å². The average Bonchev–Trinajstić information content (AvgIpc) is 3.81. The Morgan fingerprint density at radius 2 is 1.68 bits per heavy atom. The van der Waals surface area contributed by atoms with Crippen LogP contribution in [0.1, 0.15) is 54.3 Å². The van der Waals surface area contributed by atoms with Gasteiger partial charge >= 0.3 is 6.03 Å². The molecule has 0 radical (unpaired) electrons. The number of nitrogens with one attached hydrogen (secondary N) is 2. The van der Waals surface area contributed by atoms with Crippen LogP contribution < -0.4 is 14.9 Å². The maximum absolute atomic E-state index is 13.4. The largest absolute Gasteiger partial charge is 0.497 e. The summed E-state index contributed by atoms with van der Waals surface area (Å²) in [7, 11) is -2.45. The summed E-state index contributed by atoms with van der Waals surface area (Å²) in [6, 6.07) is 15.2. The van der Waals surface area contributed by atoms with Crippen molar-refractivity contribution < 1.29 is 22.7 Å². The fraction of sp³-hybridized carbons (Fsp3) is 0.481. The number of hydrogen-bond donors (Lipinski definition) is 2. The van der Waals surface area contributed by atoms with Crippen LogP contribution in [0.15, 0.2) is 48.5 Å². The number of benzene rings is 2. The van der Waals surface area contributed by atoms with Gasteiger partial charge in [-0.3, -0.25) is 4.79 Å².